The minimum atomic E-state index is -3.06. The van der Waals surface area contributed by atoms with E-state index in [-0.39, 0.29) is 78.9 Å². The fourth-order valence-corrected chi connectivity index (χ4v) is 13.9. The highest BCUT2D eigenvalue weighted by atomic mass is 28.3. The molecular formula is C54H44N2Si. The van der Waals surface area contributed by atoms with Crippen LogP contribution in [0.3, 0.4) is 0 Å². The lowest BCUT2D eigenvalue weighted by Crippen LogP contribution is -2.74. The Balaban J connectivity index is 1.28. The van der Waals surface area contributed by atoms with E-state index in [4.69, 9.17) is 6.85 Å². The molecule has 1 aliphatic rings. The van der Waals surface area contributed by atoms with Crippen molar-refractivity contribution in [1.29, 1.82) is 0 Å². The van der Waals surface area contributed by atoms with Crippen LogP contribution >= 0.6 is 0 Å². The van der Waals surface area contributed by atoms with Crippen LogP contribution in [0.25, 0.3) is 55.0 Å². The molecule has 0 N–H and O–H groups in total. The Labute approximate surface area is 355 Å². The molecule has 0 spiro atoms. The maximum Gasteiger partial charge on any atom is 0.179 e. The van der Waals surface area contributed by atoms with E-state index in [1.54, 1.807) is 0 Å². The van der Waals surface area contributed by atoms with E-state index in [0.29, 0.717) is 18.5 Å². The van der Waals surface area contributed by atoms with Crippen LogP contribution in [0.2, 0.25) is 0 Å². The molecular weight excluding hydrogens is 705 g/mol. The van der Waals surface area contributed by atoms with Crippen molar-refractivity contribution in [2.24, 2.45) is 0 Å². The largest absolute Gasteiger partial charge is 0.309 e. The zero-order chi connectivity index (χ0) is 49.9. The molecule has 2 nitrogen and oxygen atoms in total. The van der Waals surface area contributed by atoms with Crippen LogP contribution in [-0.4, -0.2) is 17.2 Å². The topological polar surface area (TPSA) is 9.86 Å². The van der Waals surface area contributed by atoms with Gasteiger partial charge in [-0.15, -0.1) is 0 Å². The van der Waals surface area contributed by atoms with E-state index in [1.165, 1.54) is 9.13 Å². The average Bonchev–Trinajstić information content (AvgIpc) is 3.95. The second-order valence-electron chi connectivity index (χ2n) is 14.8. The molecule has 0 saturated heterocycles. The van der Waals surface area contributed by atoms with Crippen molar-refractivity contribution >= 4 is 72.4 Å². The summed E-state index contributed by atoms with van der Waals surface area (Å²) in [5.74, 6) is -0.268. The molecule has 274 valence electrons. The Kier molecular flexibility index (Phi) is 5.47. The van der Waals surface area contributed by atoms with Crippen molar-refractivity contribution in [2.75, 3.05) is 0 Å². The maximum absolute atomic E-state index is 10.3. The molecule has 11 rings (SSSR count). The third-order valence-electron chi connectivity index (χ3n) is 11.7. The molecule has 0 aliphatic heterocycles. The molecule has 2 heterocycles. The summed E-state index contributed by atoms with van der Waals surface area (Å²) in [5.41, 5.74) is -0.0923. The van der Waals surface area contributed by atoms with Gasteiger partial charge in [0.05, 0.1) is 41.3 Å². The zero-order valence-corrected chi connectivity index (χ0v) is 32.0. The van der Waals surface area contributed by atoms with Crippen LogP contribution in [0.4, 0.5) is 0 Å². The Morgan fingerprint density at radius 3 is 1.42 bits per heavy atom. The monoisotopic (exact) mass is 762 g/mol. The van der Waals surface area contributed by atoms with Gasteiger partial charge in [-0.2, -0.15) is 0 Å². The van der Waals surface area contributed by atoms with E-state index in [0.717, 1.165) is 40.0 Å². The molecule has 8 aromatic carbocycles. The number of fused-ring (bicyclic) bond motifs is 6. The Morgan fingerprint density at radius 1 is 0.404 bits per heavy atom. The molecule has 1 aliphatic carbocycles. The predicted molar refractivity (Wildman–Crippen MR) is 245 cm³/mol. The molecule has 1 fully saturated rings. The Hall–Kier alpha value is -6.42. The average molecular weight is 763 g/mol. The van der Waals surface area contributed by atoms with Gasteiger partial charge in [0.15, 0.2) is 8.07 Å². The van der Waals surface area contributed by atoms with Crippen molar-refractivity contribution in [2.45, 2.75) is 38.0 Å². The van der Waals surface area contributed by atoms with Gasteiger partial charge in [0.25, 0.3) is 0 Å². The summed E-state index contributed by atoms with van der Waals surface area (Å²) in [7, 11) is -3.06. The van der Waals surface area contributed by atoms with Crippen molar-refractivity contribution in [3.63, 3.8) is 0 Å². The van der Waals surface area contributed by atoms with E-state index in [2.05, 4.69) is 36.4 Å². The molecule has 0 atom stereocenters. The van der Waals surface area contributed by atoms with Gasteiger partial charge < -0.3 is 9.13 Å². The van der Waals surface area contributed by atoms with E-state index >= 15 is 0 Å². The van der Waals surface area contributed by atoms with E-state index in [1.807, 2.05) is 78.9 Å². The summed E-state index contributed by atoms with van der Waals surface area (Å²) in [6, 6.07) is 31.9. The number of hydrogen-bond acceptors (Lipinski definition) is 0. The van der Waals surface area contributed by atoms with Crippen molar-refractivity contribution in [1.82, 2.24) is 9.13 Å². The van der Waals surface area contributed by atoms with Gasteiger partial charge in [0.1, 0.15) is 0 Å². The molecule has 0 bridgehead atoms. The molecule has 57 heavy (non-hydrogen) atoms. The molecule has 10 aromatic rings. The lowest BCUT2D eigenvalue weighted by atomic mass is 9.84. The maximum atomic E-state index is 10.3. The van der Waals surface area contributed by atoms with Gasteiger partial charge in [-0.3, -0.25) is 0 Å². The number of para-hydroxylation sites is 2. The SMILES string of the molecule is [2H]c1c([2H])c([2H])c2c(c1[2H])c1c([2H])c([2H])c(-n3c4c([2H])c([2H])c([2H])c([2H])c4c4c([2H])c([2H])c(C5CCCCC5)c([2H])c43)c([2H])c1n2-c1ccc([Si](c2ccccc2)(c2ccccc2)c2ccccc2)cc1. The summed E-state index contributed by atoms with van der Waals surface area (Å²) in [6.07, 6.45) is 3.98. The summed E-state index contributed by atoms with van der Waals surface area (Å²) < 4.78 is 134. The van der Waals surface area contributed by atoms with Gasteiger partial charge in [0, 0.05) is 32.9 Å². The van der Waals surface area contributed by atoms with Gasteiger partial charge in [0.2, 0.25) is 0 Å². The van der Waals surface area contributed by atoms with Gasteiger partial charge in [-0.1, -0.05) is 177 Å². The van der Waals surface area contributed by atoms with Crippen molar-refractivity contribution in [3.05, 3.63) is 205 Å². The second-order valence-corrected chi connectivity index (χ2v) is 18.6. The van der Waals surface area contributed by atoms with Crippen LogP contribution in [0.1, 0.15) is 62.8 Å². The quantitative estimate of drug-likeness (QED) is 0.113. The van der Waals surface area contributed by atoms with Crippen LogP contribution in [0.15, 0.2) is 200 Å². The summed E-state index contributed by atoms with van der Waals surface area (Å²) in [6.45, 7) is 0. The van der Waals surface area contributed by atoms with Crippen LogP contribution < -0.4 is 20.7 Å². The number of rotatable bonds is 7. The fraction of sp³-hybridized carbons (Fsp3) is 0.111. The zero-order valence-electron chi connectivity index (χ0n) is 45.0. The Bertz CT molecular complexity index is 3740. The standard InChI is InChI=1S/C54H44N2Si/c1-5-17-39(18-6-1)40-29-35-49-47-25-14-16-28-52(47)56(53(49)37-40)42-32-36-50-48-26-13-15-27-51(48)55(54(50)38-42)41-30-33-46(34-31-41)57(43-19-7-2-8-20-43,44-21-9-3-10-22-44)45-23-11-4-12-24-45/h2-4,7-16,19-39H,1,5-6,17-18H2/i13D,14D,15D,16D,25D,26D,27D,28D,29D,32D,35D,36D,37D,38D. The highest BCUT2D eigenvalue weighted by molar-refractivity contribution is 7.19. The van der Waals surface area contributed by atoms with Crippen LogP contribution in [0.5, 0.6) is 0 Å². The summed E-state index contributed by atoms with van der Waals surface area (Å²) in [5, 5.41) is 3.92. The van der Waals surface area contributed by atoms with E-state index in [9.17, 15) is 12.3 Å². The first kappa shape index (κ1) is 22.4. The Morgan fingerprint density at radius 2 is 0.860 bits per heavy atom. The minimum absolute atomic E-state index is 0.0350. The molecule has 0 radical (unpaired) electrons. The molecule has 1 saturated carbocycles. The van der Waals surface area contributed by atoms with Gasteiger partial charge in [-0.25, -0.2) is 0 Å². The number of benzene rings is 8. The highest BCUT2D eigenvalue weighted by Crippen LogP contribution is 2.39. The third-order valence-corrected chi connectivity index (χ3v) is 16.5. The van der Waals surface area contributed by atoms with Crippen molar-refractivity contribution in [3.8, 4) is 11.4 Å². The molecule has 3 heteroatoms. The molecule has 0 amide bonds. The van der Waals surface area contributed by atoms with Crippen molar-refractivity contribution < 1.29 is 19.2 Å². The lowest BCUT2D eigenvalue weighted by molar-refractivity contribution is 0.444. The predicted octanol–water partition coefficient (Wildman–Crippen LogP) is 11.3. The first-order valence-corrected chi connectivity index (χ1v) is 21.5. The van der Waals surface area contributed by atoms with Crippen LogP contribution in [0, 0.1) is 0 Å². The summed E-state index contributed by atoms with van der Waals surface area (Å²) >= 11 is 0. The van der Waals surface area contributed by atoms with Gasteiger partial charge in [-0.05, 0) is 87.4 Å². The first-order valence-electron chi connectivity index (χ1n) is 26.5. The minimum Gasteiger partial charge on any atom is -0.309 e. The number of hydrogen-bond donors (Lipinski definition) is 0. The molecule has 2 aromatic heterocycles. The second kappa shape index (κ2) is 13.9. The number of aromatic nitrogens is 2. The lowest BCUT2D eigenvalue weighted by Gasteiger charge is -2.34. The normalized spacial score (nSPS) is 17.3. The third kappa shape index (κ3) is 5.44. The molecule has 0 unspecified atom stereocenters. The summed E-state index contributed by atoms with van der Waals surface area (Å²) in [4.78, 5) is 0. The van der Waals surface area contributed by atoms with Crippen LogP contribution in [-0.2, 0) is 0 Å². The smallest absolute Gasteiger partial charge is 0.179 e. The fourth-order valence-electron chi connectivity index (χ4n) is 9.14. The number of nitrogens with zero attached hydrogens (tertiary/aromatic N) is 2. The van der Waals surface area contributed by atoms with Gasteiger partial charge >= 0.3 is 0 Å². The highest BCUT2D eigenvalue weighted by Gasteiger charge is 2.41. The van der Waals surface area contributed by atoms with E-state index < -0.39 is 74.5 Å². The first-order chi connectivity index (χ1) is 34.1.